The van der Waals surface area contributed by atoms with Crippen LogP contribution in [0.2, 0.25) is 0 Å². The van der Waals surface area contributed by atoms with Gasteiger partial charge in [0.25, 0.3) is 0 Å². The van der Waals surface area contributed by atoms with Gasteiger partial charge >= 0.3 is 5.97 Å². The number of rotatable bonds is 2. The van der Waals surface area contributed by atoms with Crippen molar-refractivity contribution in [3.8, 4) is 0 Å². The van der Waals surface area contributed by atoms with Crippen molar-refractivity contribution < 1.29 is 9.90 Å². The van der Waals surface area contributed by atoms with Crippen LogP contribution in [0, 0.1) is 0 Å². The number of benzene rings is 1. The van der Waals surface area contributed by atoms with Crippen LogP contribution in [0.5, 0.6) is 0 Å². The maximum atomic E-state index is 10.8. The van der Waals surface area contributed by atoms with Gasteiger partial charge in [0.2, 0.25) is 0 Å². The molecule has 1 rings (SSSR count). The number of carboxylic acids is 1. The molecule has 0 aromatic heterocycles. The first-order valence-corrected chi connectivity index (χ1v) is 3.84. The van der Waals surface area contributed by atoms with E-state index in [4.69, 9.17) is 5.11 Å². The first-order chi connectivity index (χ1) is 5.55. The van der Waals surface area contributed by atoms with Crippen LogP contribution in [0.15, 0.2) is 30.3 Å². The molecule has 0 heterocycles. The molecule has 0 aliphatic rings. The van der Waals surface area contributed by atoms with E-state index in [2.05, 4.69) is 0 Å². The Balaban J connectivity index is 3.06. The summed E-state index contributed by atoms with van der Waals surface area (Å²) >= 11 is 0. The fourth-order valence-corrected chi connectivity index (χ4v) is 0.978. The molecular formula is C9H11BO2. The highest BCUT2D eigenvalue weighted by molar-refractivity contribution is 6.26. The molecule has 12 heavy (non-hydrogen) atoms. The third-order valence-electron chi connectivity index (χ3n) is 2.03. The van der Waals surface area contributed by atoms with Crippen LogP contribution in [-0.2, 0) is 10.1 Å². The highest BCUT2D eigenvalue weighted by Gasteiger charge is 2.28. The van der Waals surface area contributed by atoms with E-state index in [9.17, 15) is 4.79 Å². The highest BCUT2D eigenvalue weighted by Crippen LogP contribution is 2.19. The van der Waals surface area contributed by atoms with E-state index >= 15 is 0 Å². The fraction of sp³-hybridized carbons (Fsp3) is 0.222. The second-order valence-corrected chi connectivity index (χ2v) is 3.30. The SMILES string of the molecule is BC(C)(C(=O)O)c1ccccc1. The molecule has 0 spiro atoms. The second-order valence-electron chi connectivity index (χ2n) is 3.30. The summed E-state index contributed by atoms with van der Waals surface area (Å²) in [5.41, 5.74) is 0.831. The van der Waals surface area contributed by atoms with Gasteiger partial charge in [-0.3, -0.25) is 4.79 Å². The average Bonchev–Trinajstić information content (AvgIpc) is 2.06. The molecule has 2 nitrogen and oxygen atoms in total. The maximum absolute atomic E-state index is 10.8. The minimum absolute atomic E-state index is 0.790. The zero-order valence-electron chi connectivity index (χ0n) is 7.24. The standard InChI is InChI=1S/C9H11BO2/c1-9(10,8(11)12)7-5-3-2-4-6-7/h2-6H,10H2,1H3,(H,11,12). The largest absolute Gasteiger partial charge is 0.481 e. The summed E-state index contributed by atoms with van der Waals surface area (Å²) in [6.07, 6.45) is 0. The van der Waals surface area contributed by atoms with Crippen LogP contribution >= 0.6 is 0 Å². The van der Waals surface area contributed by atoms with Crippen molar-refractivity contribution in [3.05, 3.63) is 35.9 Å². The number of hydrogen-bond acceptors (Lipinski definition) is 1. The number of carbonyl (C=O) groups is 1. The molecule has 1 atom stereocenters. The third-order valence-corrected chi connectivity index (χ3v) is 2.03. The molecule has 1 aromatic rings. The van der Waals surface area contributed by atoms with Crippen molar-refractivity contribution in [2.24, 2.45) is 0 Å². The van der Waals surface area contributed by atoms with E-state index in [0.717, 1.165) is 5.56 Å². The minimum atomic E-state index is -0.797. The summed E-state index contributed by atoms with van der Waals surface area (Å²) in [6, 6.07) is 9.23. The van der Waals surface area contributed by atoms with Crippen molar-refractivity contribution in [1.29, 1.82) is 0 Å². The van der Waals surface area contributed by atoms with Gasteiger partial charge in [0, 0.05) is 0 Å². The molecule has 62 valence electrons. The summed E-state index contributed by atoms with van der Waals surface area (Å²) in [7, 11) is 1.70. The van der Waals surface area contributed by atoms with E-state index in [0.29, 0.717) is 0 Å². The summed E-state index contributed by atoms with van der Waals surface area (Å²) in [4.78, 5) is 10.8. The average molecular weight is 162 g/mol. The predicted octanol–water partition coefficient (Wildman–Crippen LogP) is 0.620. The Morgan fingerprint density at radius 1 is 1.42 bits per heavy atom. The van der Waals surface area contributed by atoms with Crippen LogP contribution in [-0.4, -0.2) is 18.9 Å². The van der Waals surface area contributed by atoms with Gasteiger partial charge in [-0.15, -0.1) is 0 Å². The van der Waals surface area contributed by atoms with Crippen molar-refractivity contribution >= 4 is 13.8 Å². The molecule has 1 unspecified atom stereocenters. The number of hydrogen-bond donors (Lipinski definition) is 1. The molecule has 0 saturated carbocycles. The van der Waals surface area contributed by atoms with Gasteiger partial charge in [-0.05, 0) is 5.56 Å². The molecule has 1 aromatic carbocycles. The lowest BCUT2D eigenvalue weighted by atomic mass is 9.66. The van der Waals surface area contributed by atoms with Gasteiger partial charge in [-0.25, -0.2) is 0 Å². The Morgan fingerprint density at radius 3 is 2.33 bits per heavy atom. The molecule has 0 bridgehead atoms. The lowest BCUT2D eigenvalue weighted by molar-refractivity contribution is -0.140. The summed E-state index contributed by atoms with van der Waals surface area (Å²) in [6.45, 7) is 1.70. The summed E-state index contributed by atoms with van der Waals surface area (Å²) < 4.78 is 0. The normalized spacial score (nSPS) is 15.1. The Hall–Kier alpha value is -1.25. The second kappa shape index (κ2) is 3.01. The van der Waals surface area contributed by atoms with E-state index in [-0.39, 0.29) is 0 Å². The van der Waals surface area contributed by atoms with Gasteiger partial charge in [-0.2, -0.15) is 0 Å². The zero-order valence-corrected chi connectivity index (χ0v) is 7.24. The fourth-order valence-electron chi connectivity index (χ4n) is 0.978. The summed E-state index contributed by atoms with van der Waals surface area (Å²) in [5.74, 6) is -0.797. The van der Waals surface area contributed by atoms with Crippen molar-refractivity contribution in [3.63, 3.8) is 0 Å². The van der Waals surface area contributed by atoms with Crippen molar-refractivity contribution in [2.75, 3.05) is 0 Å². The minimum Gasteiger partial charge on any atom is -0.481 e. The van der Waals surface area contributed by atoms with E-state index in [1.165, 1.54) is 0 Å². The molecule has 3 heteroatoms. The molecule has 1 N–H and O–H groups in total. The van der Waals surface area contributed by atoms with Crippen LogP contribution in [0.3, 0.4) is 0 Å². The first kappa shape index (κ1) is 8.85. The van der Waals surface area contributed by atoms with Gasteiger partial charge in [-0.1, -0.05) is 37.3 Å². The van der Waals surface area contributed by atoms with Gasteiger partial charge in [0.05, 0.1) is 5.31 Å². The van der Waals surface area contributed by atoms with E-state index < -0.39 is 11.3 Å². The Kier molecular flexibility index (Phi) is 2.22. The lowest BCUT2D eigenvalue weighted by Crippen LogP contribution is -2.32. The molecule has 0 saturated heterocycles. The van der Waals surface area contributed by atoms with Gasteiger partial charge < -0.3 is 5.11 Å². The molecule has 0 fully saturated rings. The topological polar surface area (TPSA) is 37.3 Å². The Morgan fingerprint density at radius 2 is 1.92 bits per heavy atom. The lowest BCUT2D eigenvalue weighted by Gasteiger charge is -2.19. The maximum Gasteiger partial charge on any atom is 0.305 e. The molecule has 0 aliphatic carbocycles. The zero-order chi connectivity index (χ0) is 9.19. The first-order valence-electron chi connectivity index (χ1n) is 3.84. The van der Waals surface area contributed by atoms with Crippen molar-refractivity contribution in [1.82, 2.24) is 0 Å². The van der Waals surface area contributed by atoms with Crippen molar-refractivity contribution in [2.45, 2.75) is 12.2 Å². The van der Waals surface area contributed by atoms with Gasteiger partial charge in [0.1, 0.15) is 7.85 Å². The smallest absolute Gasteiger partial charge is 0.305 e. The monoisotopic (exact) mass is 162 g/mol. The third kappa shape index (κ3) is 1.50. The van der Waals surface area contributed by atoms with Crippen LogP contribution in [0.4, 0.5) is 0 Å². The van der Waals surface area contributed by atoms with Crippen LogP contribution in [0.1, 0.15) is 12.5 Å². The Bertz CT molecular complexity index is 280. The summed E-state index contributed by atoms with van der Waals surface area (Å²) in [5, 5.41) is 8.10. The van der Waals surface area contributed by atoms with Crippen LogP contribution in [0.25, 0.3) is 0 Å². The quantitative estimate of drug-likeness (QED) is 0.647. The molecule has 0 amide bonds. The Labute approximate surface area is 72.6 Å². The number of carboxylic acid groups (broad SMARTS) is 1. The van der Waals surface area contributed by atoms with E-state index in [1.807, 2.05) is 30.3 Å². The predicted molar refractivity (Wildman–Crippen MR) is 50.0 cm³/mol. The molecular weight excluding hydrogens is 151 g/mol. The highest BCUT2D eigenvalue weighted by atomic mass is 16.4. The van der Waals surface area contributed by atoms with Gasteiger partial charge in [0.15, 0.2) is 0 Å². The molecule has 0 aliphatic heterocycles. The van der Waals surface area contributed by atoms with E-state index in [1.54, 1.807) is 14.8 Å². The molecule has 0 radical (unpaired) electrons. The number of aliphatic carboxylic acids is 1. The van der Waals surface area contributed by atoms with Crippen LogP contribution < -0.4 is 0 Å².